The molecular weight excluding hydrogens is 358 g/mol. The second-order valence-corrected chi connectivity index (χ2v) is 6.46. The minimum Gasteiger partial charge on any atom is -0.420 e. The molecule has 3 aromatic rings. The van der Waals surface area contributed by atoms with Crippen molar-refractivity contribution in [2.45, 2.75) is 19.4 Å². The number of fused-ring (bicyclic) bond motifs is 1. The first-order valence-electron chi connectivity index (χ1n) is 8.53. The topological polar surface area (TPSA) is 149 Å². The van der Waals surface area contributed by atoms with E-state index in [0.717, 1.165) is 11.3 Å². The number of hydrogen-bond acceptors (Lipinski definition) is 6. The predicted octanol–water partition coefficient (Wildman–Crippen LogP) is 1.29. The van der Waals surface area contributed by atoms with E-state index in [0.29, 0.717) is 22.7 Å². The summed E-state index contributed by atoms with van der Waals surface area (Å²) < 4.78 is 6.98. The molecule has 4 rings (SSSR count). The molecule has 9 heteroatoms. The lowest BCUT2D eigenvalue weighted by Crippen LogP contribution is -2.21. The average molecular weight is 375 g/mol. The van der Waals surface area contributed by atoms with Gasteiger partial charge >= 0.3 is 0 Å². The monoisotopic (exact) mass is 375 g/mol. The van der Waals surface area contributed by atoms with E-state index < -0.39 is 11.8 Å². The van der Waals surface area contributed by atoms with E-state index in [-0.39, 0.29) is 18.0 Å². The maximum Gasteiger partial charge on any atom is 0.244 e. The second kappa shape index (κ2) is 6.59. The van der Waals surface area contributed by atoms with E-state index in [2.05, 4.69) is 21.4 Å². The first-order chi connectivity index (χ1) is 13.5. The summed E-state index contributed by atoms with van der Waals surface area (Å²) in [7, 11) is 0. The van der Waals surface area contributed by atoms with Crippen LogP contribution in [0, 0.1) is 18.3 Å². The minimum absolute atomic E-state index is 0.00633. The molecule has 2 aromatic heterocycles. The van der Waals surface area contributed by atoms with Gasteiger partial charge in [0.25, 0.3) is 0 Å². The molecule has 0 unspecified atom stereocenters. The van der Waals surface area contributed by atoms with Crippen molar-refractivity contribution >= 4 is 5.91 Å². The van der Waals surface area contributed by atoms with E-state index in [4.69, 9.17) is 16.2 Å². The molecule has 0 aliphatic carbocycles. The van der Waals surface area contributed by atoms with E-state index in [1.54, 1.807) is 6.20 Å². The summed E-state index contributed by atoms with van der Waals surface area (Å²) in [4.78, 5) is 11.4. The average Bonchev–Trinajstić information content (AvgIpc) is 3.24. The molecule has 5 N–H and O–H groups in total. The molecule has 1 aliphatic rings. The number of nitrogens with zero attached hydrogens (tertiary/aromatic N) is 4. The number of carbonyl (C=O) groups is 1. The van der Waals surface area contributed by atoms with Crippen molar-refractivity contribution in [2.24, 2.45) is 11.5 Å². The Morgan fingerprint density at radius 2 is 2.14 bits per heavy atom. The van der Waals surface area contributed by atoms with Crippen LogP contribution in [-0.4, -0.2) is 25.9 Å². The van der Waals surface area contributed by atoms with Crippen molar-refractivity contribution < 1.29 is 9.53 Å². The number of nitrogens with one attached hydrogen (secondary N) is 1. The summed E-state index contributed by atoms with van der Waals surface area (Å²) in [6.07, 6.45) is 1.71. The zero-order chi connectivity index (χ0) is 19.8. The van der Waals surface area contributed by atoms with Gasteiger partial charge in [-0.05, 0) is 6.92 Å². The van der Waals surface area contributed by atoms with Gasteiger partial charge in [-0.3, -0.25) is 14.6 Å². The van der Waals surface area contributed by atoms with Crippen LogP contribution in [0.25, 0.3) is 11.3 Å². The summed E-state index contributed by atoms with van der Waals surface area (Å²) >= 11 is 0. The highest BCUT2D eigenvalue weighted by Crippen LogP contribution is 2.45. The van der Waals surface area contributed by atoms with Gasteiger partial charge in [0.1, 0.15) is 18.2 Å². The normalized spacial score (nSPS) is 15.6. The Bertz CT molecular complexity index is 1130. The number of rotatable bonds is 4. The number of aryl methyl sites for hydroxylation is 1. The zero-order valence-corrected chi connectivity index (χ0v) is 15.0. The van der Waals surface area contributed by atoms with Gasteiger partial charge in [0.05, 0.1) is 11.6 Å². The van der Waals surface area contributed by atoms with Gasteiger partial charge in [-0.15, -0.1) is 5.10 Å². The Morgan fingerprint density at radius 1 is 1.39 bits per heavy atom. The SMILES string of the molecule is Cc1[nH]nc2c1[C@@H](c1cn(CC(N)=O)nc1-c1ccccc1)C(C#N)=C(N)O2. The lowest BCUT2D eigenvalue weighted by Gasteiger charge is -2.23. The molecule has 28 heavy (non-hydrogen) atoms. The highest BCUT2D eigenvalue weighted by atomic mass is 16.5. The fourth-order valence-electron chi connectivity index (χ4n) is 3.42. The maximum absolute atomic E-state index is 11.4. The number of hydrogen-bond donors (Lipinski definition) is 3. The Hall–Kier alpha value is -4.06. The number of H-pyrrole nitrogens is 1. The fourth-order valence-corrected chi connectivity index (χ4v) is 3.42. The molecule has 3 heterocycles. The van der Waals surface area contributed by atoms with Crippen molar-refractivity contribution in [1.29, 1.82) is 5.26 Å². The molecule has 0 fully saturated rings. The minimum atomic E-state index is -0.538. The molecule has 1 amide bonds. The molecule has 0 saturated carbocycles. The number of allylic oxidation sites excluding steroid dienone is 1. The van der Waals surface area contributed by atoms with Crippen molar-refractivity contribution in [3.8, 4) is 23.2 Å². The van der Waals surface area contributed by atoms with Crippen LogP contribution in [-0.2, 0) is 11.3 Å². The number of nitrogens with two attached hydrogens (primary N) is 2. The third-order valence-corrected chi connectivity index (χ3v) is 4.60. The number of carbonyl (C=O) groups excluding carboxylic acids is 1. The fraction of sp³-hybridized carbons (Fsp3) is 0.158. The second-order valence-electron chi connectivity index (χ2n) is 6.46. The van der Waals surface area contributed by atoms with Gasteiger partial charge in [0.2, 0.25) is 17.7 Å². The smallest absolute Gasteiger partial charge is 0.244 e. The zero-order valence-electron chi connectivity index (χ0n) is 15.0. The van der Waals surface area contributed by atoms with Crippen molar-refractivity contribution in [2.75, 3.05) is 0 Å². The van der Waals surface area contributed by atoms with Crippen molar-refractivity contribution in [3.05, 3.63) is 64.8 Å². The molecule has 0 spiro atoms. The van der Waals surface area contributed by atoms with Crippen LogP contribution in [0.1, 0.15) is 22.7 Å². The van der Waals surface area contributed by atoms with Gasteiger partial charge in [-0.25, -0.2) is 0 Å². The van der Waals surface area contributed by atoms with E-state index in [1.807, 2.05) is 37.3 Å². The third-order valence-electron chi connectivity index (χ3n) is 4.60. The van der Waals surface area contributed by atoms with Crippen LogP contribution >= 0.6 is 0 Å². The molecule has 0 bridgehead atoms. The Balaban J connectivity index is 1.97. The van der Waals surface area contributed by atoms with Crippen LogP contribution in [0.3, 0.4) is 0 Å². The molecule has 1 aromatic carbocycles. The summed E-state index contributed by atoms with van der Waals surface area (Å²) in [5.41, 5.74) is 15.2. The molecular formula is C19H17N7O2. The molecule has 1 aliphatic heterocycles. The van der Waals surface area contributed by atoms with Crippen LogP contribution < -0.4 is 16.2 Å². The lowest BCUT2D eigenvalue weighted by atomic mass is 9.83. The predicted molar refractivity (Wildman–Crippen MR) is 99.5 cm³/mol. The van der Waals surface area contributed by atoms with E-state index >= 15 is 0 Å². The Labute approximate surface area is 160 Å². The highest BCUT2D eigenvalue weighted by Gasteiger charge is 2.37. The third kappa shape index (κ3) is 2.77. The van der Waals surface area contributed by atoms with Gasteiger partial charge in [0.15, 0.2) is 0 Å². The Morgan fingerprint density at radius 3 is 2.82 bits per heavy atom. The van der Waals surface area contributed by atoms with Crippen LogP contribution in [0.4, 0.5) is 0 Å². The largest absolute Gasteiger partial charge is 0.420 e. The van der Waals surface area contributed by atoms with Gasteiger partial charge in [0, 0.05) is 28.6 Å². The highest BCUT2D eigenvalue weighted by molar-refractivity contribution is 5.74. The van der Waals surface area contributed by atoms with Gasteiger partial charge in [-0.2, -0.15) is 10.4 Å². The molecule has 0 radical (unpaired) electrons. The van der Waals surface area contributed by atoms with Crippen molar-refractivity contribution in [3.63, 3.8) is 0 Å². The molecule has 140 valence electrons. The standard InChI is InChI=1S/C19H17N7O2/c1-10-15-16(12(7-20)18(22)28-19(15)24-23-10)13-8-26(9-14(21)27)25-17(13)11-5-3-2-4-6-11/h2-6,8,16H,9,22H2,1H3,(H2,21,27)(H,23,24)/t16-/m1/s1. The number of primary amides is 1. The van der Waals surface area contributed by atoms with Crippen LogP contribution in [0.5, 0.6) is 5.88 Å². The quantitative estimate of drug-likeness (QED) is 0.625. The van der Waals surface area contributed by atoms with Crippen molar-refractivity contribution in [1.82, 2.24) is 20.0 Å². The summed E-state index contributed by atoms with van der Waals surface area (Å²) in [5, 5.41) is 21.3. The van der Waals surface area contributed by atoms with Gasteiger partial charge < -0.3 is 16.2 Å². The lowest BCUT2D eigenvalue weighted by molar-refractivity contribution is -0.118. The summed E-state index contributed by atoms with van der Waals surface area (Å²) in [5.74, 6) is -0.741. The van der Waals surface area contributed by atoms with Crippen LogP contribution in [0.15, 0.2) is 48.0 Å². The summed E-state index contributed by atoms with van der Waals surface area (Å²) in [6.45, 7) is 1.76. The number of aromatic nitrogens is 4. The number of amides is 1. The molecule has 1 atom stereocenters. The first kappa shape index (κ1) is 17.4. The number of ether oxygens (including phenoxy) is 1. The number of nitriles is 1. The molecule has 9 nitrogen and oxygen atoms in total. The van der Waals surface area contributed by atoms with Gasteiger partial charge in [-0.1, -0.05) is 30.3 Å². The summed E-state index contributed by atoms with van der Waals surface area (Å²) in [6, 6.07) is 11.6. The van der Waals surface area contributed by atoms with E-state index in [9.17, 15) is 10.1 Å². The maximum atomic E-state index is 11.4. The van der Waals surface area contributed by atoms with Crippen LogP contribution in [0.2, 0.25) is 0 Å². The van der Waals surface area contributed by atoms with E-state index in [1.165, 1.54) is 4.68 Å². The number of benzene rings is 1. The Kier molecular flexibility index (Phi) is 4.08. The molecule has 0 saturated heterocycles. The first-order valence-corrected chi connectivity index (χ1v) is 8.53. The number of aromatic amines is 1.